The predicted octanol–water partition coefficient (Wildman–Crippen LogP) is 1.90. The van der Waals surface area contributed by atoms with Gasteiger partial charge >= 0.3 is 0 Å². The van der Waals surface area contributed by atoms with E-state index in [1.807, 2.05) is 7.05 Å². The second kappa shape index (κ2) is 8.61. The van der Waals surface area contributed by atoms with Crippen LogP contribution in [0.2, 0.25) is 0 Å². The number of guanidine groups is 1. The Hall–Kier alpha value is -2.68. The first-order valence-electron chi connectivity index (χ1n) is 8.60. The summed E-state index contributed by atoms with van der Waals surface area (Å²) in [6.07, 6.45) is 3.33. The number of nitrogens with zero attached hydrogens (tertiary/aromatic N) is 5. The number of nitrogens with one attached hydrogen (secondary N) is 3. The standard InChI is InChI=1S/C17H24N8S/c1-4-18-17(21-10-14-12(2)5-8-26-14)20-7-6-19-15-13-9-24-25(3)16(13)23-11-22-15/h5,8-9,11H,4,6-7,10H2,1-3H3,(H2,18,20,21)(H,19,22,23). The van der Waals surface area contributed by atoms with E-state index in [0.29, 0.717) is 13.1 Å². The molecule has 3 rings (SSSR count). The van der Waals surface area contributed by atoms with Gasteiger partial charge in [0.05, 0.1) is 18.1 Å². The van der Waals surface area contributed by atoms with Crippen molar-refractivity contribution in [3.8, 4) is 0 Å². The normalized spacial score (nSPS) is 11.7. The Balaban J connectivity index is 1.54. The van der Waals surface area contributed by atoms with E-state index in [1.165, 1.54) is 10.4 Å². The van der Waals surface area contributed by atoms with Crippen molar-refractivity contribution in [3.05, 3.63) is 34.4 Å². The third-order valence-electron chi connectivity index (χ3n) is 3.93. The number of aliphatic imine (C=N–C) groups is 1. The zero-order valence-corrected chi connectivity index (χ0v) is 16.1. The number of rotatable bonds is 7. The first-order chi connectivity index (χ1) is 12.7. The molecule has 26 heavy (non-hydrogen) atoms. The Bertz CT molecular complexity index is 882. The maximum Gasteiger partial charge on any atom is 0.191 e. The molecule has 0 unspecified atom stereocenters. The van der Waals surface area contributed by atoms with Gasteiger partial charge in [-0.2, -0.15) is 5.10 Å². The highest BCUT2D eigenvalue weighted by molar-refractivity contribution is 7.10. The van der Waals surface area contributed by atoms with Gasteiger partial charge in [0, 0.05) is 31.6 Å². The zero-order chi connectivity index (χ0) is 18.4. The molecule has 0 saturated carbocycles. The lowest BCUT2D eigenvalue weighted by molar-refractivity contribution is 0.785. The number of aryl methyl sites for hydroxylation is 2. The van der Waals surface area contributed by atoms with Crippen molar-refractivity contribution in [2.75, 3.05) is 25.0 Å². The average molecular weight is 373 g/mol. The van der Waals surface area contributed by atoms with Gasteiger partial charge in [0.15, 0.2) is 11.6 Å². The predicted molar refractivity (Wildman–Crippen MR) is 107 cm³/mol. The summed E-state index contributed by atoms with van der Waals surface area (Å²) in [5.41, 5.74) is 2.11. The fourth-order valence-electron chi connectivity index (χ4n) is 2.52. The van der Waals surface area contributed by atoms with Crippen LogP contribution in [-0.4, -0.2) is 45.3 Å². The SMILES string of the molecule is CCNC(=NCc1sccc1C)NCCNc1ncnc2c1cnn2C. The van der Waals surface area contributed by atoms with E-state index >= 15 is 0 Å². The molecule has 3 heterocycles. The van der Waals surface area contributed by atoms with Crippen LogP contribution in [0.25, 0.3) is 11.0 Å². The van der Waals surface area contributed by atoms with Crippen LogP contribution in [0.1, 0.15) is 17.4 Å². The third kappa shape index (κ3) is 4.29. The molecule has 0 amide bonds. The van der Waals surface area contributed by atoms with Crippen molar-refractivity contribution in [1.82, 2.24) is 30.4 Å². The molecule has 0 fully saturated rings. The molecular formula is C17H24N8S. The van der Waals surface area contributed by atoms with E-state index in [9.17, 15) is 0 Å². The summed E-state index contributed by atoms with van der Waals surface area (Å²) in [5.74, 6) is 1.61. The molecule has 0 aliphatic heterocycles. The molecule has 0 bridgehead atoms. The highest BCUT2D eigenvalue weighted by Gasteiger charge is 2.07. The van der Waals surface area contributed by atoms with E-state index in [0.717, 1.165) is 35.9 Å². The minimum Gasteiger partial charge on any atom is -0.368 e. The van der Waals surface area contributed by atoms with Gasteiger partial charge in [0.2, 0.25) is 0 Å². The molecule has 138 valence electrons. The van der Waals surface area contributed by atoms with Crippen molar-refractivity contribution in [2.24, 2.45) is 12.0 Å². The number of thiophene rings is 1. The fourth-order valence-corrected chi connectivity index (χ4v) is 3.35. The van der Waals surface area contributed by atoms with Gasteiger partial charge in [-0.3, -0.25) is 4.68 Å². The first kappa shape index (κ1) is 18.1. The maximum atomic E-state index is 4.65. The van der Waals surface area contributed by atoms with Crippen molar-refractivity contribution in [2.45, 2.75) is 20.4 Å². The Morgan fingerprint density at radius 3 is 2.92 bits per heavy atom. The van der Waals surface area contributed by atoms with E-state index in [4.69, 9.17) is 0 Å². The number of hydrogen-bond donors (Lipinski definition) is 3. The van der Waals surface area contributed by atoms with Crippen LogP contribution < -0.4 is 16.0 Å². The molecular weight excluding hydrogens is 348 g/mol. The molecule has 0 aliphatic carbocycles. The summed E-state index contributed by atoms with van der Waals surface area (Å²) in [6, 6.07) is 2.13. The van der Waals surface area contributed by atoms with Crippen LogP contribution in [0.4, 0.5) is 5.82 Å². The van der Waals surface area contributed by atoms with Crippen molar-refractivity contribution >= 4 is 34.1 Å². The average Bonchev–Trinajstić information content (AvgIpc) is 3.23. The van der Waals surface area contributed by atoms with E-state index in [-0.39, 0.29) is 0 Å². The highest BCUT2D eigenvalue weighted by atomic mass is 32.1. The van der Waals surface area contributed by atoms with Crippen molar-refractivity contribution in [3.63, 3.8) is 0 Å². The second-order valence-corrected chi connectivity index (χ2v) is 6.80. The number of anilines is 1. The maximum absolute atomic E-state index is 4.65. The molecule has 0 spiro atoms. The summed E-state index contributed by atoms with van der Waals surface area (Å²) in [4.78, 5) is 14.5. The number of aromatic nitrogens is 4. The fraction of sp³-hybridized carbons (Fsp3) is 0.412. The molecule has 0 saturated heterocycles. The number of fused-ring (bicyclic) bond motifs is 1. The van der Waals surface area contributed by atoms with Crippen molar-refractivity contribution < 1.29 is 0 Å². The van der Waals surface area contributed by atoms with Crippen LogP contribution >= 0.6 is 11.3 Å². The molecule has 8 nitrogen and oxygen atoms in total. The summed E-state index contributed by atoms with van der Waals surface area (Å²) in [5, 5.41) is 17.2. The third-order valence-corrected chi connectivity index (χ3v) is 4.94. The monoisotopic (exact) mass is 372 g/mol. The summed E-state index contributed by atoms with van der Waals surface area (Å²) in [7, 11) is 1.87. The Labute approximate surface area is 156 Å². The largest absolute Gasteiger partial charge is 0.368 e. The molecule has 3 N–H and O–H groups in total. The second-order valence-electron chi connectivity index (χ2n) is 5.80. The zero-order valence-electron chi connectivity index (χ0n) is 15.3. The van der Waals surface area contributed by atoms with Crippen LogP contribution in [0, 0.1) is 6.92 Å². The van der Waals surface area contributed by atoms with Gasteiger partial charge < -0.3 is 16.0 Å². The van der Waals surface area contributed by atoms with Gasteiger partial charge in [0.25, 0.3) is 0 Å². The van der Waals surface area contributed by atoms with Crippen LogP contribution in [0.3, 0.4) is 0 Å². The summed E-state index contributed by atoms with van der Waals surface area (Å²) >= 11 is 1.74. The van der Waals surface area contributed by atoms with Gasteiger partial charge in [-0.05, 0) is 30.9 Å². The minimum atomic E-state index is 0.689. The molecule has 0 radical (unpaired) electrons. The summed E-state index contributed by atoms with van der Waals surface area (Å²) < 4.78 is 1.74. The van der Waals surface area contributed by atoms with Gasteiger partial charge in [-0.1, -0.05) is 0 Å². The first-order valence-corrected chi connectivity index (χ1v) is 9.48. The highest BCUT2D eigenvalue weighted by Crippen LogP contribution is 2.17. The van der Waals surface area contributed by atoms with Gasteiger partial charge in [-0.15, -0.1) is 11.3 Å². The molecule has 3 aromatic rings. The van der Waals surface area contributed by atoms with Crippen LogP contribution in [0.15, 0.2) is 29.0 Å². The lowest BCUT2D eigenvalue weighted by atomic mass is 10.3. The van der Waals surface area contributed by atoms with Gasteiger partial charge in [-0.25, -0.2) is 15.0 Å². The van der Waals surface area contributed by atoms with E-state index < -0.39 is 0 Å². The molecule has 0 aliphatic rings. The van der Waals surface area contributed by atoms with Crippen LogP contribution in [-0.2, 0) is 13.6 Å². The Morgan fingerprint density at radius 2 is 2.15 bits per heavy atom. The Kier molecular flexibility index (Phi) is 6.00. The van der Waals surface area contributed by atoms with Gasteiger partial charge in [0.1, 0.15) is 12.1 Å². The smallest absolute Gasteiger partial charge is 0.191 e. The van der Waals surface area contributed by atoms with E-state index in [1.54, 1.807) is 28.5 Å². The lowest BCUT2D eigenvalue weighted by Gasteiger charge is -2.12. The molecule has 9 heteroatoms. The van der Waals surface area contributed by atoms with Crippen LogP contribution in [0.5, 0.6) is 0 Å². The minimum absolute atomic E-state index is 0.689. The Morgan fingerprint density at radius 1 is 1.27 bits per heavy atom. The lowest BCUT2D eigenvalue weighted by Crippen LogP contribution is -2.39. The quantitative estimate of drug-likeness (QED) is 0.333. The number of hydrogen-bond acceptors (Lipinski definition) is 6. The topological polar surface area (TPSA) is 92.1 Å². The molecule has 3 aromatic heterocycles. The van der Waals surface area contributed by atoms with E-state index in [2.05, 4.69) is 61.3 Å². The molecule has 0 atom stereocenters. The summed E-state index contributed by atoms with van der Waals surface area (Å²) in [6.45, 7) is 7.13. The molecule has 0 aromatic carbocycles. The van der Waals surface area contributed by atoms with Crippen molar-refractivity contribution in [1.29, 1.82) is 0 Å².